The van der Waals surface area contributed by atoms with Crippen LogP contribution in [0, 0.1) is 5.92 Å². The summed E-state index contributed by atoms with van der Waals surface area (Å²) in [6, 6.07) is -2.47. The number of hydrogen-bond acceptors (Lipinski definition) is 5. The van der Waals surface area contributed by atoms with Gasteiger partial charge >= 0.3 is 5.97 Å². The third-order valence-electron chi connectivity index (χ3n) is 3.04. The number of carbonyl (C=O) groups excluding carboxylic acids is 2. The van der Waals surface area contributed by atoms with Crippen molar-refractivity contribution in [2.45, 2.75) is 51.7 Å². The Hall–Kier alpha value is -1.28. The molecule has 0 aliphatic carbocycles. The van der Waals surface area contributed by atoms with Crippen LogP contribution in [0.15, 0.2) is 0 Å². The van der Waals surface area contributed by atoms with E-state index in [4.69, 9.17) is 10.8 Å². The van der Waals surface area contributed by atoms with Crippen LogP contribution < -0.4 is 16.4 Å². The van der Waals surface area contributed by atoms with E-state index in [0.717, 1.165) is 5.75 Å². The number of aliphatic carboxylic acids is 1. The molecule has 0 aromatic heterocycles. The van der Waals surface area contributed by atoms with E-state index >= 15 is 0 Å². The van der Waals surface area contributed by atoms with Crippen LogP contribution in [0.1, 0.15) is 33.6 Å². The van der Waals surface area contributed by atoms with Crippen LogP contribution in [0.3, 0.4) is 0 Å². The van der Waals surface area contributed by atoms with Crippen molar-refractivity contribution in [3.8, 4) is 0 Å². The molecule has 0 radical (unpaired) electrons. The van der Waals surface area contributed by atoms with Crippen molar-refractivity contribution in [2.75, 3.05) is 12.0 Å². The highest BCUT2D eigenvalue weighted by Gasteiger charge is 2.26. The summed E-state index contributed by atoms with van der Waals surface area (Å²) < 4.78 is 0. The van der Waals surface area contributed by atoms with Crippen molar-refractivity contribution < 1.29 is 19.5 Å². The zero-order valence-corrected chi connectivity index (χ0v) is 14.4. The zero-order valence-electron chi connectivity index (χ0n) is 13.6. The van der Waals surface area contributed by atoms with Gasteiger partial charge in [-0.1, -0.05) is 13.8 Å². The Bertz CT molecular complexity index is 390. The van der Waals surface area contributed by atoms with E-state index in [2.05, 4.69) is 10.6 Å². The molecule has 0 aliphatic rings. The lowest BCUT2D eigenvalue weighted by atomic mass is 10.0. The molecule has 0 saturated carbocycles. The highest BCUT2D eigenvalue weighted by Crippen LogP contribution is 2.07. The van der Waals surface area contributed by atoms with Crippen LogP contribution in [-0.2, 0) is 14.4 Å². The molecule has 0 aromatic rings. The van der Waals surface area contributed by atoms with Gasteiger partial charge in [0, 0.05) is 0 Å². The molecular weight excluding hydrogens is 306 g/mol. The van der Waals surface area contributed by atoms with Gasteiger partial charge in [0.05, 0.1) is 6.04 Å². The fourth-order valence-corrected chi connectivity index (χ4v) is 2.22. The molecule has 22 heavy (non-hydrogen) atoms. The van der Waals surface area contributed by atoms with Crippen LogP contribution in [0.2, 0.25) is 0 Å². The summed E-state index contributed by atoms with van der Waals surface area (Å²) in [5, 5.41) is 13.8. The number of amides is 2. The number of rotatable bonds is 10. The maximum Gasteiger partial charge on any atom is 0.325 e. The second kappa shape index (κ2) is 10.4. The van der Waals surface area contributed by atoms with E-state index in [-0.39, 0.29) is 5.92 Å². The first kappa shape index (κ1) is 20.7. The number of nitrogens with two attached hydrogens (primary N) is 1. The minimum atomic E-state index is -1.13. The Morgan fingerprint density at radius 2 is 1.73 bits per heavy atom. The zero-order chi connectivity index (χ0) is 17.3. The molecular formula is C14H27N3O4S. The van der Waals surface area contributed by atoms with E-state index < -0.39 is 35.9 Å². The fourth-order valence-electron chi connectivity index (χ4n) is 1.73. The summed E-state index contributed by atoms with van der Waals surface area (Å²) in [7, 11) is 0. The maximum atomic E-state index is 12.1. The van der Waals surface area contributed by atoms with Gasteiger partial charge in [-0.25, -0.2) is 0 Å². The normalized spacial score (nSPS) is 15.0. The van der Waals surface area contributed by atoms with E-state index in [9.17, 15) is 14.4 Å². The summed E-state index contributed by atoms with van der Waals surface area (Å²) in [6.07, 6.45) is 2.86. The maximum absolute atomic E-state index is 12.1. The lowest BCUT2D eigenvalue weighted by molar-refractivity contribution is -0.141. The molecule has 3 unspecified atom stereocenters. The number of hydrogen-bond donors (Lipinski definition) is 4. The summed E-state index contributed by atoms with van der Waals surface area (Å²) in [6.45, 7) is 5.21. The summed E-state index contributed by atoms with van der Waals surface area (Å²) in [4.78, 5) is 35.0. The van der Waals surface area contributed by atoms with Crippen molar-refractivity contribution >= 4 is 29.5 Å². The first-order valence-electron chi connectivity index (χ1n) is 7.27. The highest BCUT2D eigenvalue weighted by molar-refractivity contribution is 7.98. The average molecular weight is 333 g/mol. The Morgan fingerprint density at radius 3 is 2.18 bits per heavy atom. The number of thioether (sulfide) groups is 1. The van der Waals surface area contributed by atoms with Crippen LogP contribution in [0.25, 0.3) is 0 Å². The van der Waals surface area contributed by atoms with E-state index in [1.165, 1.54) is 6.92 Å². The smallest absolute Gasteiger partial charge is 0.325 e. The molecule has 0 heterocycles. The van der Waals surface area contributed by atoms with Crippen molar-refractivity contribution in [3.63, 3.8) is 0 Å². The lowest BCUT2D eigenvalue weighted by Crippen LogP contribution is -2.54. The number of nitrogens with one attached hydrogen (secondary N) is 2. The summed E-state index contributed by atoms with van der Waals surface area (Å²) >= 11 is 1.59. The molecule has 5 N–H and O–H groups in total. The molecule has 8 heteroatoms. The largest absolute Gasteiger partial charge is 0.480 e. The van der Waals surface area contributed by atoms with Crippen molar-refractivity contribution in [1.82, 2.24) is 10.6 Å². The van der Waals surface area contributed by atoms with Gasteiger partial charge in [0.1, 0.15) is 12.1 Å². The SMILES string of the molecule is CSCCC(N)C(=O)NC(CC(C)C)C(=O)NC(C)C(=O)O. The number of carbonyl (C=O) groups is 3. The first-order valence-corrected chi connectivity index (χ1v) is 8.66. The second-order valence-electron chi connectivity index (χ2n) is 5.65. The van der Waals surface area contributed by atoms with Gasteiger partial charge in [-0.2, -0.15) is 11.8 Å². The van der Waals surface area contributed by atoms with Crippen molar-refractivity contribution in [3.05, 3.63) is 0 Å². The predicted octanol–water partition coefficient (Wildman–Crippen LogP) is 0.187. The first-order chi connectivity index (χ1) is 10.2. The summed E-state index contributed by atoms with van der Waals surface area (Å²) in [5.74, 6) is -1.10. The second-order valence-corrected chi connectivity index (χ2v) is 6.63. The van der Waals surface area contributed by atoms with Crippen LogP contribution in [0.4, 0.5) is 0 Å². The topological polar surface area (TPSA) is 122 Å². The predicted molar refractivity (Wildman–Crippen MR) is 87.6 cm³/mol. The van der Waals surface area contributed by atoms with Gasteiger partial charge in [0.2, 0.25) is 11.8 Å². The Labute approximate surface area is 135 Å². The van der Waals surface area contributed by atoms with Gasteiger partial charge in [0.25, 0.3) is 0 Å². The molecule has 3 atom stereocenters. The van der Waals surface area contributed by atoms with Crippen molar-refractivity contribution in [2.24, 2.45) is 11.7 Å². The third-order valence-corrected chi connectivity index (χ3v) is 3.68. The highest BCUT2D eigenvalue weighted by atomic mass is 32.2. The minimum Gasteiger partial charge on any atom is -0.480 e. The van der Waals surface area contributed by atoms with Crippen LogP contribution in [0.5, 0.6) is 0 Å². The molecule has 0 aliphatic heterocycles. The van der Waals surface area contributed by atoms with Gasteiger partial charge in [-0.15, -0.1) is 0 Å². The molecule has 2 amide bonds. The standard InChI is InChI=1S/C14H27N3O4S/c1-8(2)7-11(13(19)16-9(3)14(20)21)17-12(18)10(15)5-6-22-4/h8-11H,5-7,15H2,1-4H3,(H,16,19)(H,17,18)(H,20,21). The quantitative estimate of drug-likeness (QED) is 0.453. The molecule has 0 saturated heterocycles. The Balaban J connectivity index is 4.72. The van der Waals surface area contributed by atoms with E-state index in [1.807, 2.05) is 20.1 Å². The van der Waals surface area contributed by atoms with Gasteiger partial charge < -0.3 is 21.5 Å². The fraction of sp³-hybridized carbons (Fsp3) is 0.786. The van der Waals surface area contributed by atoms with Gasteiger partial charge in [0.15, 0.2) is 0 Å². The molecule has 0 spiro atoms. The molecule has 128 valence electrons. The van der Waals surface area contributed by atoms with Crippen LogP contribution in [-0.4, -0.2) is 53.0 Å². The number of carboxylic acids is 1. The lowest BCUT2D eigenvalue weighted by Gasteiger charge is -2.23. The van der Waals surface area contributed by atoms with Crippen LogP contribution >= 0.6 is 11.8 Å². The van der Waals surface area contributed by atoms with Crippen molar-refractivity contribution in [1.29, 1.82) is 0 Å². The van der Waals surface area contributed by atoms with E-state index in [0.29, 0.717) is 12.8 Å². The monoisotopic (exact) mass is 333 g/mol. The molecule has 0 bridgehead atoms. The molecule has 7 nitrogen and oxygen atoms in total. The Morgan fingerprint density at radius 1 is 1.14 bits per heavy atom. The molecule has 0 fully saturated rings. The molecule has 0 rings (SSSR count). The number of carboxylic acid groups (broad SMARTS) is 1. The molecule has 0 aromatic carbocycles. The van der Waals surface area contributed by atoms with Gasteiger partial charge in [-0.3, -0.25) is 14.4 Å². The van der Waals surface area contributed by atoms with Gasteiger partial charge in [-0.05, 0) is 37.7 Å². The minimum absolute atomic E-state index is 0.165. The summed E-state index contributed by atoms with van der Waals surface area (Å²) in [5.41, 5.74) is 5.78. The average Bonchev–Trinajstić information content (AvgIpc) is 2.42. The Kier molecular flexibility index (Phi) is 9.84. The third kappa shape index (κ3) is 8.23. The van der Waals surface area contributed by atoms with E-state index in [1.54, 1.807) is 11.8 Å².